The van der Waals surface area contributed by atoms with Gasteiger partial charge in [0.1, 0.15) is 0 Å². The zero-order valence-corrected chi connectivity index (χ0v) is 8.95. The molecule has 0 aromatic carbocycles. The van der Waals surface area contributed by atoms with Crippen molar-refractivity contribution in [2.45, 2.75) is 33.3 Å². The molecule has 3 nitrogen and oxygen atoms in total. The third-order valence-corrected chi connectivity index (χ3v) is 2.14. The second kappa shape index (κ2) is 4.96. The maximum atomic E-state index is 9.65. The molecule has 0 saturated heterocycles. The molecule has 1 unspecified atom stereocenters. The minimum atomic E-state index is -0.418. The fraction of sp³-hybridized carbons (Fsp3) is 0.545. The van der Waals surface area contributed by atoms with E-state index in [4.69, 9.17) is 4.74 Å². The summed E-state index contributed by atoms with van der Waals surface area (Å²) in [6, 6.07) is 3.67. The van der Waals surface area contributed by atoms with Crippen LogP contribution in [0.2, 0.25) is 0 Å². The lowest BCUT2D eigenvalue weighted by Gasteiger charge is -2.11. The van der Waals surface area contributed by atoms with Crippen molar-refractivity contribution in [2.24, 2.45) is 0 Å². The average Bonchev–Trinajstić information content (AvgIpc) is 2.17. The molecule has 0 radical (unpaired) electrons. The Bertz CT molecular complexity index is 299. The number of ether oxygens (including phenoxy) is 1. The molecule has 1 aromatic heterocycles. The molecule has 0 bridgehead atoms. The zero-order valence-electron chi connectivity index (χ0n) is 8.95. The van der Waals surface area contributed by atoms with E-state index in [9.17, 15) is 5.11 Å². The molecule has 14 heavy (non-hydrogen) atoms. The van der Waals surface area contributed by atoms with Crippen molar-refractivity contribution < 1.29 is 9.84 Å². The van der Waals surface area contributed by atoms with Gasteiger partial charge in [0.2, 0.25) is 5.88 Å². The summed E-state index contributed by atoms with van der Waals surface area (Å²) in [6.07, 6.45) is 0.287. The number of aliphatic hydroxyl groups excluding tert-OH is 1. The minimum absolute atomic E-state index is 0.418. The van der Waals surface area contributed by atoms with Crippen LogP contribution in [0.5, 0.6) is 5.88 Å². The van der Waals surface area contributed by atoms with E-state index in [-0.39, 0.29) is 0 Å². The van der Waals surface area contributed by atoms with Gasteiger partial charge in [-0.3, -0.25) is 0 Å². The number of hydrogen-bond acceptors (Lipinski definition) is 3. The molecule has 0 fully saturated rings. The van der Waals surface area contributed by atoms with E-state index < -0.39 is 6.10 Å². The van der Waals surface area contributed by atoms with Crippen molar-refractivity contribution in [3.63, 3.8) is 0 Å². The van der Waals surface area contributed by atoms with Crippen LogP contribution in [0.3, 0.4) is 0 Å². The number of aryl methyl sites for hydroxylation is 1. The van der Waals surface area contributed by atoms with Crippen LogP contribution >= 0.6 is 0 Å². The van der Waals surface area contributed by atoms with E-state index in [0.717, 1.165) is 11.3 Å². The Morgan fingerprint density at radius 1 is 1.43 bits per heavy atom. The summed E-state index contributed by atoms with van der Waals surface area (Å²) < 4.78 is 5.26. The Morgan fingerprint density at radius 3 is 2.64 bits per heavy atom. The monoisotopic (exact) mass is 195 g/mol. The fourth-order valence-electron chi connectivity index (χ4n) is 1.35. The summed E-state index contributed by atoms with van der Waals surface area (Å²) >= 11 is 0. The maximum Gasteiger partial charge on any atom is 0.213 e. The van der Waals surface area contributed by atoms with Gasteiger partial charge in [-0.05, 0) is 26.3 Å². The van der Waals surface area contributed by atoms with Crippen molar-refractivity contribution in [3.8, 4) is 5.88 Å². The van der Waals surface area contributed by atoms with Gasteiger partial charge in [-0.15, -0.1) is 0 Å². The lowest BCUT2D eigenvalue weighted by Crippen LogP contribution is -2.02. The molecular formula is C11H17NO2. The van der Waals surface area contributed by atoms with Gasteiger partial charge in [0.25, 0.3) is 0 Å². The van der Waals surface area contributed by atoms with Gasteiger partial charge < -0.3 is 9.84 Å². The van der Waals surface area contributed by atoms with Gasteiger partial charge >= 0.3 is 0 Å². The molecule has 0 amide bonds. The van der Waals surface area contributed by atoms with Gasteiger partial charge in [-0.25, -0.2) is 4.98 Å². The molecule has 0 spiro atoms. The molecule has 0 aliphatic heterocycles. The molecule has 0 aliphatic rings. The number of aromatic nitrogens is 1. The van der Waals surface area contributed by atoms with E-state index in [1.807, 2.05) is 26.8 Å². The minimum Gasteiger partial charge on any atom is -0.478 e. The number of rotatable bonds is 4. The topological polar surface area (TPSA) is 42.4 Å². The first-order chi connectivity index (χ1) is 6.69. The van der Waals surface area contributed by atoms with Gasteiger partial charge in [0.05, 0.1) is 12.7 Å². The van der Waals surface area contributed by atoms with Crippen LogP contribution in [-0.2, 0) is 0 Å². The first-order valence-corrected chi connectivity index (χ1v) is 4.97. The van der Waals surface area contributed by atoms with Crippen LogP contribution in [0.15, 0.2) is 12.1 Å². The molecule has 1 N–H and O–H groups in total. The second-order valence-electron chi connectivity index (χ2n) is 3.18. The zero-order chi connectivity index (χ0) is 10.6. The van der Waals surface area contributed by atoms with Crippen molar-refractivity contribution >= 4 is 0 Å². The number of nitrogens with zero attached hydrogens (tertiary/aromatic N) is 1. The highest BCUT2D eigenvalue weighted by molar-refractivity contribution is 5.26. The Balaban J connectivity index is 2.89. The first-order valence-electron chi connectivity index (χ1n) is 4.97. The number of hydrogen-bond donors (Lipinski definition) is 1. The molecule has 1 heterocycles. The lowest BCUT2D eigenvalue weighted by atomic mass is 10.1. The lowest BCUT2D eigenvalue weighted by molar-refractivity contribution is 0.172. The fourth-order valence-corrected chi connectivity index (χ4v) is 1.35. The van der Waals surface area contributed by atoms with Crippen molar-refractivity contribution in [1.29, 1.82) is 0 Å². The third kappa shape index (κ3) is 2.45. The maximum absolute atomic E-state index is 9.65. The number of pyridine rings is 1. The van der Waals surface area contributed by atoms with Gasteiger partial charge in [0, 0.05) is 17.3 Å². The van der Waals surface area contributed by atoms with Crippen LogP contribution in [0.4, 0.5) is 0 Å². The molecule has 1 rings (SSSR count). The third-order valence-electron chi connectivity index (χ3n) is 2.14. The summed E-state index contributed by atoms with van der Waals surface area (Å²) in [7, 11) is 0. The highest BCUT2D eigenvalue weighted by Crippen LogP contribution is 2.21. The van der Waals surface area contributed by atoms with Crippen molar-refractivity contribution in [1.82, 2.24) is 4.98 Å². The van der Waals surface area contributed by atoms with Gasteiger partial charge in [0.15, 0.2) is 0 Å². The molecular weight excluding hydrogens is 178 g/mol. The second-order valence-corrected chi connectivity index (χ2v) is 3.18. The Labute approximate surface area is 84.7 Å². The van der Waals surface area contributed by atoms with Gasteiger partial charge in [-0.2, -0.15) is 0 Å². The predicted octanol–water partition coefficient (Wildman–Crippen LogP) is 2.23. The van der Waals surface area contributed by atoms with Gasteiger partial charge in [-0.1, -0.05) is 6.92 Å². The van der Waals surface area contributed by atoms with Crippen LogP contribution in [-0.4, -0.2) is 16.7 Å². The molecule has 1 atom stereocenters. The Kier molecular flexibility index (Phi) is 3.89. The summed E-state index contributed by atoms with van der Waals surface area (Å²) in [4.78, 5) is 4.25. The largest absolute Gasteiger partial charge is 0.478 e. The molecule has 3 heteroatoms. The normalized spacial score (nSPS) is 12.6. The Hall–Kier alpha value is -1.09. The molecule has 1 aromatic rings. The van der Waals surface area contributed by atoms with E-state index in [0.29, 0.717) is 18.9 Å². The standard InChI is InChI=1S/C11H17NO2/c1-4-10(13)9-6-7-11(14-5-2)12-8(9)3/h6-7,10,13H,4-5H2,1-3H3. The van der Waals surface area contributed by atoms with Crippen LogP contribution in [0.1, 0.15) is 37.6 Å². The van der Waals surface area contributed by atoms with E-state index in [2.05, 4.69) is 4.98 Å². The van der Waals surface area contributed by atoms with Crippen molar-refractivity contribution in [2.75, 3.05) is 6.61 Å². The first kappa shape index (κ1) is 11.0. The summed E-state index contributed by atoms with van der Waals surface area (Å²) in [6.45, 7) is 6.37. The molecule has 0 saturated carbocycles. The summed E-state index contributed by atoms with van der Waals surface area (Å²) in [5, 5.41) is 9.65. The van der Waals surface area contributed by atoms with Crippen molar-refractivity contribution in [3.05, 3.63) is 23.4 Å². The highest BCUT2D eigenvalue weighted by Gasteiger charge is 2.09. The summed E-state index contributed by atoms with van der Waals surface area (Å²) in [5.41, 5.74) is 1.72. The van der Waals surface area contributed by atoms with E-state index in [1.54, 1.807) is 6.07 Å². The van der Waals surface area contributed by atoms with E-state index in [1.165, 1.54) is 0 Å². The predicted molar refractivity (Wildman–Crippen MR) is 55.4 cm³/mol. The average molecular weight is 195 g/mol. The smallest absolute Gasteiger partial charge is 0.213 e. The molecule has 0 aliphatic carbocycles. The quantitative estimate of drug-likeness (QED) is 0.801. The SMILES string of the molecule is CCOc1ccc(C(O)CC)c(C)n1. The van der Waals surface area contributed by atoms with Crippen LogP contribution < -0.4 is 4.74 Å². The Morgan fingerprint density at radius 2 is 2.14 bits per heavy atom. The van der Waals surface area contributed by atoms with E-state index >= 15 is 0 Å². The van der Waals surface area contributed by atoms with Crippen LogP contribution in [0, 0.1) is 6.92 Å². The molecule has 78 valence electrons. The highest BCUT2D eigenvalue weighted by atomic mass is 16.5. The number of aliphatic hydroxyl groups is 1. The summed E-state index contributed by atoms with van der Waals surface area (Å²) in [5.74, 6) is 0.622. The van der Waals surface area contributed by atoms with Crippen LogP contribution in [0.25, 0.3) is 0 Å².